The third kappa shape index (κ3) is 3.12. The number of fused-ring (bicyclic) bond motifs is 1. The third-order valence-electron chi connectivity index (χ3n) is 3.97. The Labute approximate surface area is 124 Å². The minimum absolute atomic E-state index is 0.107. The van der Waals surface area contributed by atoms with E-state index in [0.29, 0.717) is 17.6 Å². The van der Waals surface area contributed by atoms with Crippen molar-refractivity contribution in [3.8, 4) is 0 Å². The van der Waals surface area contributed by atoms with Crippen LogP contribution in [0.5, 0.6) is 0 Å². The van der Waals surface area contributed by atoms with Gasteiger partial charge in [0.1, 0.15) is 0 Å². The summed E-state index contributed by atoms with van der Waals surface area (Å²) in [6.07, 6.45) is 2.21. The molecule has 3 rings (SSSR count). The lowest BCUT2D eigenvalue weighted by Gasteiger charge is -2.36. The van der Waals surface area contributed by atoms with Gasteiger partial charge >= 0.3 is 7.12 Å². The first-order valence-corrected chi connectivity index (χ1v) is 7.41. The molecule has 0 spiro atoms. The Morgan fingerprint density at radius 3 is 2.95 bits per heavy atom. The summed E-state index contributed by atoms with van der Waals surface area (Å²) < 4.78 is 10.8. The van der Waals surface area contributed by atoms with Gasteiger partial charge < -0.3 is 19.7 Å². The normalized spacial score (nSPS) is 23.9. The Morgan fingerprint density at radius 2 is 2.24 bits per heavy atom. The van der Waals surface area contributed by atoms with Gasteiger partial charge in [0.2, 0.25) is 0 Å². The molecule has 6 heteroatoms. The average Bonchev–Trinajstić information content (AvgIpc) is 2.77. The molecular weight excluding hydrogens is 269 g/mol. The van der Waals surface area contributed by atoms with Crippen LogP contribution in [-0.2, 0) is 16.0 Å². The molecule has 5 nitrogen and oxygen atoms in total. The number of amides is 1. The fraction of sp³-hybridized carbons (Fsp3) is 0.533. The van der Waals surface area contributed by atoms with Crippen LogP contribution >= 0.6 is 0 Å². The lowest BCUT2D eigenvalue weighted by molar-refractivity contribution is -0.0482. The summed E-state index contributed by atoms with van der Waals surface area (Å²) in [5.74, 6) is -0.107. The van der Waals surface area contributed by atoms with Crippen molar-refractivity contribution in [3.05, 3.63) is 29.3 Å². The summed E-state index contributed by atoms with van der Waals surface area (Å²) in [5, 5.41) is 12.7. The molecule has 0 unspecified atom stereocenters. The Balaban J connectivity index is 1.56. The zero-order chi connectivity index (χ0) is 15.0. The van der Waals surface area contributed by atoms with Crippen LogP contribution in [0.4, 0.5) is 0 Å². The highest BCUT2D eigenvalue weighted by Gasteiger charge is 2.32. The van der Waals surface area contributed by atoms with Gasteiger partial charge in [-0.2, -0.15) is 0 Å². The lowest BCUT2D eigenvalue weighted by atomic mass is 9.78. The zero-order valence-corrected chi connectivity index (χ0v) is 12.3. The molecule has 1 saturated carbocycles. The minimum atomic E-state index is -0.916. The Morgan fingerprint density at radius 1 is 1.48 bits per heavy atom. The highest BCUT2D eigenvalue weighted by molar-refractivity contribution is 6.61. The van der Waals surface area contributed by atoms with Crippen molar-refractivity contribution in [1.29, 1.82) is 0 Å². The Kier molecular flexibility index (Phi) is 4.02. The van der Waals surface area contributed by atoms with Gasteiger partial charge in [0.15, 0.2) is 0 Å². The first kappa shape index (κ1) is 14.6. The van der Waals surface area contributed by atoms with E-state index in [1.165, 1.54) is 0 Å². The molecule has 1 amide bonds. The average molecular weight is 289 g/mol. The van der Waals surface area contributed by atoms with Crippen molar-refractivity contribution >= 4 is 18.5 Å². The van der Waals surface area contributed by atoms with E-state index in [-0.39, 0.29) is 24.2 Å². The molecule has 21 heavy (non-hydrogen) atoms. The second-order valence-corrected chi connectivity index (χ2v) is 6.03. The van der Waals surface area contributed by atoms with E-state index in [1.807, 2.05) is 19.9 Å². The molecule has 0 atom stereocenters. The molecule has 112 valence electrons. The number of benzene rings is 1. The fourth-order valence-corrected chi connectivity index (χ4v) is 2.80. The van der Waals surface area contributed by atoms with Crippen LogP contribution in [0.1, 0.15) is 42.6 Å². The molecule has 0 radical (unpaired) electrons. The maximum atomic E-state index is 12.2. The number of ether oxygens (including phenoxy) is 1. The van der Waals surface area contributed by atoms with Crippen LogP contribution in [0, 0.1) is 0 Å². The molecule has 1 aliphatic heterocycles. The highest BCUT2D eigenvalue weighted by Crippen LogP contribution is 2.25. The number of nitrogens with one attached hydrogen (secondary N) is 1. The minimum Gasteiger partial charge on any atom is -0.423 e. The van der Waals surface area contributed by atoms with E-state index in [4.69, 9.17) is 9.39 Å². The van der Waals surface area contributed by atoms with Crippen LogP contribution in [0.25, 0.3) is 0 Å². The van der Waals surface area contributed by atoms with Crippen molar-refractivity contribution in [2.45, 2.75) is 51.5 Å². The lowest BCUT2D eigenvalue weighted by Crippen LogP contribution is -2.48. The zero-order valence-electron chi connectivity index (χ0n) is 12.3. The second kappa shape index (κ2) is 5.79. The monoisotopic (exact) mass is 289 g/mol. The topological polar surface area (TPSA) is 67.8 Å². The predicted octanol–water partition coefficient (Wildman–Crippen LogP) is 0.590. The van der Waals surface area contributed by atoms with Crippen molar-refractivity contribution in [3.63, 3.8) is 0 Å². The van der Waals surface area contributed by atoms with E-state index >= 15 is 0 Å². The number of hydrogen-bond acceptors (Lipinski definition) is 4. The van der Waals surface area contributed by atoms with E-state index in [1.54, 1.807) is 12.1 Å². The smallest absolute Gasteiger partial charge is 0.423 e. The van der Waals surface area contributed by atoms with E-state index < -0.39 is 7.12 Å². The molecule has 0 saturated heterocycles. The molecule has 1 aliphatic carbocycles. The molecule has 1 fully saturated rings. The highest BCUT2D eigenvalue weighted by atomic mass is 16.5. The van der Waals surface area contributed by atoms with Gasteiger partial charge in [-0.25, -0.2) is 0 Å². The van der Waals surface area contributed by atoms with Crippen molar-refractivity contribution < 1.29 is 19.2 Å². The van der Waals surface area contributed by atoms with Crippen LogP contribution < -0.4 is 10.8 Å². The summed E-state index contributed by atoms with van der Waals surface area (Å²) in [7, 11) is -0.916. The summed E-state index contributed by atoms with van der Waals surface area (Å²) in [4.78, 5) is 12.2. The molecule has 1 aromatic rings. The number of rotatable bonds is 4. The third-order valence-corrected chi connectivity index (χ3v) is 3.97. The van der Waals surface area contributed by atoms with Crippen LogP contribution in [0.15, 0.2) is 18.2 Å². The number of hydrogen-bond donors (Lipinski definition) is 2. The number of carbonyl (C=O) groups is 1. The van der Waals surface area contributed by atoms with Crippen molar-refractivity contribution in [1.82, 2.24) is 5.32 Å². The van der Waals surface area contributed by atoms with E-state index in [0.717, 1.165) is 18.4 Å². The van der Waals surface area contributed by atoms with Gasteiger partial charge in [-0.3, -0.25) is 4.79 Å². The van der Waals surface area contributed by atoms with E-state index in [2.05, 4.69) is 5.32 Å². The molecule has 2 N–H and O–H groups in total. The SMILES string of the molecule is CC(C)OC1CC(NC(=O)c2ccc3c(c2)B(O)OC3)C1. The maximum absolute atomic E-state index is 12.2. The first-order chi connectivity index (χ1) is 10.0. The summed E-state index contributed by atoms with van der Waals surface area (Å²) in [6, 6.07) is 5.50. The Hall–Kier alpha value is -1.37. The van der Waals surface area contributed by atoms with Gasteiger partial charge in [-0.05, 0) is 49.8 Å². The Bertz CT molecular complexity index is 542. The maximum Gasteiger partial charge on any atom is 0.491 e. The van der Waals surface area contributed by atoms with Crippen LogP contribution in [0.2, 0.25) is 0 Å². The molecule has 1 heterocycles. The van der Waals surface area contributed by atoms with E-state index in [9.17, 15) is 9.82 Å². The fourth-order valence-electron chi connectivity index (χ4n) is 2.80. The predicted molar refractivity (Wildman–Crippen MR) is 79.3 cm³/mol. The molecule has 1 aromatic carbocycles. The largest absolute Gasteiger partial charge is 0.491 e. The van der Waals surface area contributed by atoms with Gasteiger partial charge in [0.25, 0.3) is 5.91 Å². The standard InChI is InChI=1S/C15H20BNO4/c1-9(2)21-13-6-12(7-13)17-15(18)10-3-4-11-8-20-16(19)14(11)5-10/h3-5,9,12-13,19H,6-8H2,1-2H3,(H,17,18). The van der Waals surface area contributed by atoms with Gasteiger partial charge in [0.05, 0.1) is 18.8 Å². The quantitative estimate of drug-likeness (QED) is 0.796. The summed E-state index contributed by atoms with van der Waals surface area (Å²) in [6.45, 7) is 4.43. The van der Waals surface area contributed by atoms with Crippen molar-refractivity contribution in [2.75, 3.05) is 0 Å². The molecule has 0 bridgehead atoms. The number of carbonyl (C=O) groups excluding carboxylic acids is 1. The van der Waals surface area contributed by atoms with Gasteiger partial charge in [0, 0.05) is 11.6 Å². The molecule has 2 aliphatic rings. The first-order valence-electron chi connectivity index (χ1n) is 7.41. The van der Waals surface area contributed by atoms with Gasteiger partial charge in [-0.15, -0.1) is 0 Å². The summed E-state index contributed by atoms with van der Waals surface area (Å²) >= 11 is 0. The summed E-state index contributed by atoms with van der Waals surface area (Å²) in [5.41, 5.74) is 2.19. The van der Waals surface area contributed by atoms with Crippen molar-refractivity contribution in [2.24, 2.45) is 0 Å². The van der Waals surface area contributed by atoms with Gasteiger partial charge in [-0.1, -0.05) is 6.07 Å². The van der Waals surface area contributed by atoms with Crippen LogP contribution in [0.3, 0.4) is 0 Å². The molecular formula is C15H20BNO4. The van der Waals surface area contributed by atoms with Crippen LogP contribution in [-0.4, -0.2) is 36.3 Å². The molecule has 0 aromatic heterocycles. The second-order valence-electron chi connectivity index (χ2n) is 6.03.